The molecule has 96 valence electrons. The number of hydrogen-bond acceptors (Lipinski definition) is 2. The molecule has 2 saturated carbocycles. The molecule has 2 fully saturated rings. The van der Waals surface area contributed by atoms with Crippen LogP contribution in [0.1, 0.15) is 60.9 Å². The van der Waals surface area contributed by atoms with Gasteiger partial charge in [-0.3, -0.25) is 4.79 Å². The van der Waals surface area contributed by atoms with Gasteiger partial charge in [-0.2, -0.15) is 0 Å². The van der Waals surface area contributed by atoms with Crippen LogP contribution in [0.3, 0.4) is 0 Å². The van der Waals surface area contributed by atoms with Gasteiger partial charge in [-0.25, -0.2) is 0 Å². The van der Waals surface area contributed by atoms with Crippen molar-refractivity contribution >= 4 is 5.78 Å². The van der Waals surface area contributed by atoms with Gasteiger partial charge in [-0.05, 0) is 50.0 Å². The summed E-state index contributed by atoms with van der Waals surface area (Å²) in [6.45, 7) is 1.91. The number of carbonyl (C=O) groups is 1. The van der Waals surface area contributed by atoms with Gasteiger partial charge in [0.1, 0.15) is 0 Å². The molecule has 2 nitrogen and oxygen atoms in total. The van der Waals surface area contributed by atoms with Crippen molar-refractivity contribution in [1.29, 1.82) is 0 Å². The molecular weight excluding hydrogens is 222 g/mol. The molecule has 2 aliphatic carbocycles. The first-order valence-corrected chi connectivity index (χ1v) is 7.03. The number of hydrogen-bond donors (Lipinski definition) is 1. The Kier molecular flexibility index (Phi) is 2.78. The summed E-state index contributed by atoms with van der Waals surface area (Å²) in [5.41, 5.74) is 7.71. The first kappa shape index (κ1) is 11.9. The van der Waals surface area contributed by atoms with E-state index in [1.165, 1.54) is 24.8 Å². The van der Waals surface area contributed by atoms with E-state index in [1.807, 2.05) is 25.1 Å². The first-order valence-electron chi connectivity index (χ1n) is 7.03. The molecule has 0 heterocycles. The summed E-state index contributed by atoms with van der Waals surface area (Å²) in [6.07, 6.45) is 5.92. The highest BCUT2D eigenvalue weighted by atomic mass is 16.1. The number of benzene rings is 1. The molecule has 0 bridgehead atoms. The Morgan fingerprint density at radius 2 is 1.89 bits per heavy atom. The van der Waals surface area contributed by atoms with Crippen LogP contribution in [0.25, 0.3) is 0 Å². The molecule has 2 aliphatic rings. The number of Topliss-reactive ketones (excluding diaryl/α,β-unsaturated/α-hetero) is 1. The fraction of sp³-hybridized carbons (Fsp3) is 0.562. The van der Waals surface area contributed by atoms with Crippen LogP contribution in [0, 0.1) is 5.92 Å². The van der Waals surface area contributed by atoms with E-state index in [-0.39, 0.29) is 5.78 Å². The Morgan fingerprint density at radius 1 is 1.22 bits per heavy atom. The zero-order chi connectivity index (χ0) is 12.8. The van der Waals surface area contributed by atoms with Crippen LogP contribution in [0.2, 0.25) is 0 Å². The Bertz CT molecular complexity index is 470. The van der Waals surface area contributed by atoms with Gasteiger partial charge >= 0.3 is 0 Å². The van der Waals surface area contributed by atoms with Crippen molar-refractivity contribution in [2.75, 3.05) is 0 Å². The second-order valence-electron chi connectivity index (χ2n) is 6.10. The molecule has 2 N–H and O–H groups in total. The molecule has 1 aromatic rings. The third kappa shape index (κ3) is 1.89. The van der Waals surface area contributed by atoms with Crippen molar-refractivity contribution < 1.29 is 4.79 Å². The predicted molar refractivity (Wildman–Crippen MR) is 72.7 cm³/mol. The summed E-state index contributed by atoms with van der Waals surface area (Å²) >= 11 is 0. The van der Waals surface area contributed by atoms with Crippen LogP contribution in [0.15, 0.2) is 24.3 Å². The van der Waals surface area contributed by atoms with Gasteiger partial charge in [-0.1, -0.05) is 30.7 Å². The van der Waals surface area contributed by atoms with Crippen LogP contribution in [0.4, 0.5) is 0 Å². The van der Waals surface area contributed by atoms with Gasteiger partial charge in [0.15, 0.2) is 5.78 Å². The second kappa shape index (κ2) is 4.20. The average molecular weight is 243 g/mol. The zero-order valence-corrected chi connectivity index (χ0v) is 11.0. The Hall–Kier alpha value is -1.15. The lowest BCUT2D eigenvalue weighted by Gasteiger charge is -2.30. The van der Waals surface area contributed by atoms with Crippen LogP contribution in [-0.2, 0) is 0 Å². The molecule has 1 aromatic carbocycles. The van der Waals surface area contributed by atoms with E-state index in [0.717, 1.165) is 18.4 Å². The molecule has 18 heavy (non-hydrogen) atoms. The van der Waals surface area contributed by atoms with E-state index >= 15 is 0 Å². The Morgan fingerprint density at radius 3 is 2.44 bits per heavy atom. The molecule has 0 aromatic heterocycles. The van der Waals surface area contributed by atoms with Crippen LogP contribution >= 0.6 is 0 Å². The normalized spacial score (nSPS) is 23.2. The predicted octanol–water partition coefficient (Wildman–Crippen LogP) is 3.26. The molecule has 3 rings (SSSR count). The highest BCUT2D eigenvalue weighted by Crippen LogP contribution is 2.42. The largest absolute Gasteiger partial charge is 0.319 e. The molecule has 0 spiro atoms. The lowest BCUT2D eigenvalue weighted by atomic mass is 9.75. The fourth-order valence-corrected chi connectivity index (χ4v) is 2.94. The summed E-state index contributed by atoms with van der Waals surface area (Å²) in [5, 5.41) is 0. The van der Waals surface area contributed by atoms with E-state index in [2.05, 4.69) is 6.07 Å². The monoisotopic (exact) mass is 243 g/mol. The van der Waals surface area contributed by atoms with Crippen molar-refractivity contribution in [3.05, 3.63) is 35.4 Å². The molecule has 0 saturated heterocycles. The smallest absolute Gasteiger partial charge is 0.182 e. The highest BCUT2D eigenvalue weighted by molar-refractivity contribution is 6.04. The lowest BCUT2D eigenvalue weighted by Crippen LogP contribution is -2.47. The maximum atomic E-state index is 12.7. The van der Waals surface area contributed by atoms with Crippen LogP contribution < -0.4 is 5.73 Å². The third-order valence-corrected chi connectivity index (χ3v) is 4.67. The third-order valence-electron chi connectivity index (χ3n) is 4.67. The van der Waals surface area contributed by atoms with Gasteiger partial charge < -0.3 is 5.73 Å². The van der Waals surface area contributed by atoms with Gasteiger partial charge in [0.25, 0.3) is 0 Å². The minimum Gasteiger partial charge on any atom is -0.319 e. The molecular formula is C16H21NO. The second-order valence-corrected chi connectivity index (χ2v) is 6.10. The minimum absolute atomic E-state index is 0.146. The SMILES string of the molecule is CC(N)(C(=O)c1ccccc1C1CCC1)C1CC1. The van der Waals surface area contributed by atoms with Crippen LogP contribution in [-0.4, -0.2) is 11.3 Å². The van der Waals surface area contributed by atoms with E-state index in [4.69, 9.17) is 5.73 Å². The first-order chi connectivity index (χ1) is 8.60. The average Bonchev–Trinajstić information content (AvgIpc) is 3.10. The van der Waals surface area contributed by atoms with Crippen LogP contribution in [0.5, 0.6) is 0 Å². The molecule has 0 aliphatic heterocycles. The summed E-state index contributed by atoms with van der Waals surface area (Å²) < 4.78 is 0. The van der Waals surface area contributed by atoms with E-state index in [1.54, 1.807) is 0 Å². The Labute approximate surface area is 109 Å². The van der Waals surface area contributed by atoms with Crippen molar-refractivity contribution in [3.63, 3.8) is 0 Å². The van der Waals surface area contributed by atoms with Crippen molar-refractivity contribution in [2.24, 2.45) is 11.7 Å². The quantitative estimate of drug-likeness (QED) is 0.825. The summed E-state index contributed by atoms with van der Waals surface area (Å²) in [6, 6.07) is 8.07. The van der Waals surface area contributed by atoms with Gasteiger partial charge in [0, 0.05) is 5.56 Å². The van der Waals surface area contributed by atoms with E-state index < -0.39 is 5.54 Å². The standard InChI is InChI=1S/C16H21NO/c1-16(17,12-9-10-12)15(18)14-8-3-2-7-13(14)11-5-4-6-11/h2-3,7-8,11-12H,4-6,9-10,17H2,1H3. The van der Waals surface area contributed by atoms with Gasteiger partial charge in [-0.15, -0.1) is 0 Å². The van der Waals surface area contributed by atoms with Crippen molar-refractivity contribution in [1.82, 2.24) is 0 Å². The fourth-order valence-electron chi connectivity index (χ4n) is 2.94. The topological polar surface area (TPSA) is 43.1 Å². The number of carbonyl (C=O) groups excluding carboxylic acids is 1. The molecule has 1 atom stereocenters. The number of nitrogens with two attached hydrogens (primary N) is 1. The zero-order valence-electron chi connectivity index (χ0n) is 11.0. The molecule has 0 radical (unpaired) electrons. The van der Waals surface area contributed by atoms with Gasteiger partial charge in [0.2, 0.25) is 0 Å². The maximum absolute atomic E-state index is 12.7. The molecule has 0 amide bonds. The lowest BCUT2D eigenvalue weighted by molar-refractivity contribution is 0.0881. The Balaban J connectivity index is 1.93. The summed E-state index contributed by atoms with van der Waals surface area (Å²) in [5.74, 6) is 1.12. The van der Waals surface area contributed by atoms with Crippen molar-refractivity contribution in [2.45, 2.75) is 50.5 Å². The highest BCUT2D eigenvalue weighted by Gasteiger charge is 2.45. The van der Waals surface area contributed by atoms with E-state index in [9.17, 15) is 4.79 Å². The van der Waals surface area contributed by atoms with Crippen molar-refractivity contribution in [3.8, 4) is 0 Å². The number of rotatable bonds is 4. The summed E-state index contributed by atoms with van der Waals surface area (Å²) in [4.78, 5) is 12.7. The van der Waals surface area contributed by atoms with Gasteiger partial charge in [0.05, 0.1) is 5.54 Å². The molecule has 1 unspecified atom stereocenters. The number of ketones is 1. The minimum atomic E-state index is -0.667. The van der Waals surface area contributed by atoms with E-state index in [0.29, 0.717) is 11.8 Å². The maximum Gasteiger partial charge on any atom is 0.182 e. The molecule has 2 heteroatoms. The summed E-state index contributed by atoms with van der Waals surface area (Å²) in [7, 11) is 0.